The standard InChI is InChI=1S/C22H27Cl2N5O2S2/c1-29(2)21-16-5-3-4-6-18(16)27-22(28-21)25-12-14-7-9-15(10-8-14)13-26-33(30,31)19-11-17(23)20(24)32-19/h3-6,11,14-15,26H,7-10,12-13H2,1-2H3,(H,25,27,28)/t14-,15-. The summed E-state index contributed by atoms with van der Waals surface area (Å²) in [4.78, 5) is 11.4. The molecule has 33 heavy (non-hydrogen) atoms. The SMILES string of the molecule is CN(C)c1nc(NC[C@H]2CC[C@H](CNS(=O)(=O)c3cc(Cl)c(Cl)s3)CC2)nc2ccccc12. The Bertz CT molecular complexity index is 1210. The molecule has 1 saturated carbocycles. The monoisotopic (exact) mass is 527 g/mol. The molecule has 1 aromatic carbocycles. The Hall–Kier alpha value is -1.65. The van der Waals surface area contributed by atoms with E-state index in [2.05, 4.69) is 15.0 Å². The molecule has 7 nitrogen and oxygen atoms in total. The summed E-state index contributed by atoms with van der Waals surface area (Å²) in [6, 6.07) is 9.41. The van der Waals surface area contributed by atoms with Gasteiger partial charge in [-0.1, -0.05) is 35.3 Å². The highest BCUT2D eigenvalue weighted by Gasteiger charge is 2.25. The third kappa shape index (κ3) is 5.89. The molecule has 0 unspecified atom stereocenters. The van der Waals surface area contributed by atoms with Gasteiger partial charge in [-0.15, -0.1) is 11.3 Å². The second-order valence-electron chi connectivity index (χ2n) is 8.59. The first-order chi connectivity index (χ1) is 15.7. The second kappa shape index (κ2) is 10.3. The molecule has 0 aliphatic heterocycles. The van der Waals surface area contributed by atoms with Gasteiger partial charge in [0.15, 0.2) is 0 Å². The lowest BCUT2D eigenvalue weighted by Gasteiger charge is -2.28. The highest BCUT2D eigenvalue weighted by atomic mass is 35.5. The van der Waals surface area contributed by atoms with Crippen LogP contribution in [0.15, 0.2) is 34.5 Å². The highest BCUT2D eigenvalue weighted by molar-refractivity contribution is 7.91. The smallest absolute Gasteiger partial charge is 0.250 e. The van der Waals surface area contributed by atoms with Gasteiger partial charge in [-0.05, 0) is 55.7 Å². The number of nitrogens with zero attached hydrogens (tertiary/aromatic N) is 3. The molecular weight excluding hydrogens is 501 g/mol. The fourth-order valence-corrected chi connectivity index (χ4v) is 7.15. The normalized spacial score (nSPS) is 19.0. The second-order valence-corrected chi connectivity index (χ2v) is 12.6. The summed E-state index contributed by atoms with van der Waals surface area (Å²) in [7, 11) is 0.380. The number of thiophene rings is 1. The van der Waals surface area contributed by atoms with Gasteiger partial charge in [-0.3, -0.25) is 0 Å². The van der Waals surface area contributed by atoms with Crippen LogP contribution in [0.2, 0.25) is 9.36 Å². The van der Waals surface area contributed by atoms with Crippen LogP contribution < -0.4 is 14.9 Å². The number of nitrogens with one attached hydrogen (secondary N) is 2. The van der Waals surface area contributed by atoms with Crippen LogP contribution in [0.25, 0.3) is 10.9 Å². The number of fused-ring (bicyclic) bond motifs is 1. The van der Waals surface area contributed by atoms with Crippen molar-refractivity contribution in [3.63, 3.8) is 0 Å². The number of halogens is 2. The Balaban J connectivity index is 1.28. The maximum atomic E-state index is 12.5. The van der Waals surface area contributed by atoms with Crippen molar-refractivity contribution in [1.29, 1.82) is 0 Å². The first-order valence-corrected chi connectivity index (χ1v) is 13.9. The molecule has 11 heteroatoms. The minimum Gasteiger partial charge on any atom is -0.362 e. The summed E-state index contributed by atoms with van der Waals surface area (Å²) in [6.45, 7) is 1.23. The van der Waals surface area contributed by atoms with Crippen LogP contribution >= 0.6 is 34.5 Å². The first kappa shape index (κ1) is 24.5. The third-order valence-electron chi connectivity index (χ3n) is 5.97. The molecule has 2 N–H and O–H groups in total. The van der Waals surface area contributed by atoms with E-state index in [0.29, 0.717) is 24.3 Å². The largest absolute Gasteiger partial charge is 0.362 e. The van der Waals surface area contributed by atoms with E-state index in [0.717, 1.165) is 60.3 Å². The van der Waals surface area contributed by atoms with Crippen molar-refractivity contribution in [2.24, 2.45) is 11.8 Å². The Morgan fingerprint density at radius 1 is 1.06 bits per heavy atom. The predicted molar refractivity (Wildman–Crippen MR) is 137 cm³/mol. The molecule has 2 aromatic heterocycles. The Morgan fingerprint density at radius 2 is 1.73 bits per heavy atom. The fourth-order valence-electron chi connectivity index (χ4n) is 4.11. The van der Waals surface area contributed by atoms with Crippen molar-refractivity contribution >= 4 is 67.2 Å². The van der Waals surface area contributed by atoms with Gasteiger partial charge in [0.2, 0.25) is 16.0 Å². The van der Waals surface area contributed by atoms with Crippen molar-refractivity contribution in [2.75, 3.05) is 37.4 Å². The molecule has 0 radical (unpaired) electrons. The van der Waals surface area contributed by atoms with Crippen molar-refractivity contribution in [1.82, 2.24) is 14.7 Å². The number of benzene rings is 1. The summed E-state index contributed by atoms with van der Waals surface area (Å²) in [5, 5.41) is 4.72. The quantitative estimate of drug-likeness (QED) is 0.415. The highest BCUT2D eigenvalue weighted by Crippen LogP contribution is 2.35. The molecule has 4 rings (SSSR count). The zero-order valence-corrected chi connectivity index (χ0v) is 21.7. The Labute approximate surface area is 208 Å². The molecule has 0 spiro atoms. The minimum atomic E-state index is -3.58. The average molecular weight is 529 g/mol. The molecule has 0 atom stereocenters. The van der Waals surface area contributed by atoms with Crippen LogP contribution in [0.1, 0.15) is 25.7 Å². The van der Waals surface area contributed by atoms with Crippen molar-refractivity contribution in [3.8, 4) is 0 Å². The van der Waals surface area contributed by atoms with Crippen LogP contribution in [0, 0.1) is 11.8 Å². The summed E-state index contributed by atoms with van der Waals surface area (Å²) in [6.07, 6.45) is 4.01. The molecule has 2 heterocycles. The molecule has 178 valence electrons. The number of aromatic nitrogens is 2. The summed E-state index contributed by atoms with van der Waals surface area (Å²) in [5.74, 6) is 2.36. The number of para-hydroxylation sites is 1. The van der Waals surface area contributed by atoms with Crippen molar-refractivity contribution in [3.05, 3.63) is 39.7 Å². The van der Waals surface area contributed by atoms with Crippen molar-refractivity contribution < 1.29 is 8.42 Å². The zero-order chi connectivity index (χ0) is 23.6. The van der Waals surface area contributed by atoms with Crippen LogP contribution in [-0.2, 0) is 10.0 Å². The maximum absolute atomic E-state index is 12.5. The number of hydrogen-bond acceptors (Lipinski definition) is 7. The van der Waals surface area contributed by atoms with E-state index in [-0.39, 0.29) is 13.6 Å². The van der Waals surface area contributed by atoms with Gasteiger partial charge >= 0.3 is 0 Å². The third-order valence-corrected chi connectivity index (χ3v) is 9.73. The van der Waals surface area contributed by atoms with E-state index < -0.39 is 10.0 Å². The van der Waals surface area contributed by atoms with E-state index in [1.807, 2.05) is 43.3 Å². The minimum absolute atomic E-state index is 0.155. The predicted octanol–water partition coefficient (Wildman–Crippen LogP) is 5.26. The van der Waals surface area contributed by atoms with Gasteiger partial charge in [0.1, 0.15) is 14.4 Å². The number of sulfonamides is 1. The van der Waals surface area contributed by atoms with Gasteiger partial charge in [0.25, 0.3) is 0 Å². The van der Waals surface area contributed by atoms with E-state index >= 15 is 0 Å². The molecule has 1 fully saturated rings. The lowest BCUT2D eigenvalue weighted by atomic mass is 9.82. The summed E-state index contributed by atoms with van der Waals surface area (Å²) >= 11 is 12.8. The lowest BCUT2D eigenvalue weighted by molar-refractivity contribution is 0.284. The van der Waals surface area contributed by atoms with Crippen LogP contribution in [0.3, 0.4) is 0 Å². The van der Waals surface area contributed by atoms with Crippen LogP contribution in [-0.4, -0.2) is 45.6 Å². The van der Waals surface area contributed by atoms with Gasteiger partial charge in [-0.25, -0.2) is 18.1 Å². The fraction of sp³-hybridized carbons (Fsp3) is 0.455. The van der Waals surface area contributed by atoms with E-state index in [1.165, 1.54) is 6.07 Å². The van der Waals surface area contributed by atoms with Gasteiger partial charge in [-0.2, -0.15) is 4.98 Å². The van der Waals surface area contributed by atoms with E-state index in [1.54, 1.807) is 0 Å². The number of rotatable bonds is 8. The summed E-state index contributed by atoms with van der Waals surface area (Å²) < 4.78 is 28.1. The molecule has 3 aromatic rings. The number of anilines is 2. The first-order valence-electron chi connectivity index (χ1n) is 10.9. The topological polar surface area (TPSA) is 87.2 Å². The van der Waals surface area contributed by atoms with Gasteiger partial charge < -0.3 is 10.2 Å². The van der Waals surface area contributed by atoms with E-state index in [9.17, 15) is 8.42 Å². The number of hydrogen-bond donors (Lipinski definition) is 2. The van der Waals surface area contributed by atoms with Crippen LogP contribution in [0.4, 0.5) is 11.8 Å². The van der Waals surface area contributed by atoms with Gasteiger partial charge in [0.05, 0.1) is 10.5 Å². The lowest BCUT2D eigenvalue weighted by Crippen LogP contribution is -2.32. The molecular formula is C22H27Cl2N5O2S2. The molecule has 1 aliphatic carbocycles. The van der Waals surface area contributed by atoms with Crippen LogP contribution in [0.5, 0.6) is 0 Å². The molecule has 0 amide bonds. The molecule has 0 saturated heterocycles. The Kier molecular flexibility index (Phi) is 7.65. The molecule has 0 bridgehead atoms. The van der Waals surface area contributed by atoms with Crippen molar-refractivity contribution in [2.45, 2.75) is 29.9 Å². The van der Waals surface area contributed by atoms with E-state index in [4.69, 9.17) is 28.2 Å². The maximum Gasteiger partial charge on any atom is 0.250 e. The molecule has 1 aliphatic rings. The van der Waals surface area contributed by atoms with Gasteiger partial charge in [0, 0.05) is 32.6 Å². The summed E-state index contributed by atoms with van der Waals surface area (Å²) in [5.41, 5.74) is 0.919. The Morgan fingerprint density at radius 3 is 2.36 bits per heavy atom. The average Bonchev–Trinajstić information content (AvgIpc) is 3.15. The zero-order valence-electron chi connectivity index (χ0n) is 18.5.